The summed E-state index contributed by atoms with van der Waals surface area (Å²) in [7, 11) is 3.75. The van der Waals surface area contributed by atoms with E-state index in [0.717, 1.165) is 0 Å². The molecule has 0 bridgehead atoms. The van der Waals surface area contributed by atoms with Crippen LogP contribution in [-0.2, 0) is 8.54 Å². The summed E-state index contributed by atoms with van der Waals surface area (Å²) in [6, 6.07) is 0. The lowest BCUT2D eigenvalue weighted by Gasteiger charge is -1.86. The van der Waals surface area contributed by atoms with Crippen LogP contribution >= 0.6 is 0 Å². The Balaban J connectivity index is 2.19. The molecule has 0 saturated heterocycles. The molecule has 0 unspecified atom stereocenters. The van der Waals surface area contributed by atoms with Gasteiger partial charge in [-0.3, -0.25) is 0 Å². The fourth-order valence-corrected chi connectivity index (χ4v) is 0.530. The predicted molar refractivity (Wildman–Crippen MR) is 22.4 cm³/mol. The number of hydrogen-bond acceptors (Lipinski definition) is 2. The molecule has 5 heavy (non-hydrogen) atoms. The van der Waals surface area contributed by atoms with E-state index in [4.69, 9.17) is 0 Å². The van der Waals surface area contributed by atoms with Crippen molar-refractivity contribution in [3.63, 3.8) is 0 Å². The summed E-state index contributed by atoms with van der Waals surface area (Å²) >= 11 is 0. The molecule has 0 aromatic rings. The summed E-state index contributed by atoms with van der Waals surface area (Å²) in [5.74, 6) is 0. The van der Waals surface area contributed by atoms with Crippen molar-refractivity contribution in [2.75, 3.05) is 7.11 Å². The molecule has 29 valence electrons. The molecule has 0 aliphatic carbocycles. The molecule has 0 amide bonds. The van der Waals surface area contributed by atoms with Crippen molar-refractivity contribution < 1.29 is 8.54 Å². The first-order chi connectivity index (χ1) is 2.41. The van der Waals surface area contributed by atoms with Crippen molar-refractivity contribution in [1.29, 1.82) is 0 Å². The average Bonchev–Trinajstić information content (AvgIpc) is 1.41. The molecule has 0 rings (SSSR count). The molecular formula is CH5O2Si2. The van der Waals surface area contributed by atoms with E-state index in [9.17, 15) is 0 Å². The maximum atomic E-state index is 4.56. The summed E-state index contributed by atoms with van der Waals surface area (Å²) in [4.78, 5) is 0. The second-order valence-corrected chi connectivity index (χ2v) is 2.52. The van der Waals surface area contributed by atoms with Crippen LogP contribution in [0.25, 0.3) is 0 Å². The van der Waals surface area contributed by atoms with E-state index in [-0.39, 0.29) is 0 Å². The van der Waals surface area contributed by atoms with Gasteiger partial charge in [0.05, 0.1) is 0 Å². The van der Waals surface area contributed by atoms with Crippen LogP contribution in [0.3, 0.4) is 0 Å². The summed E-state index contributed by atoms with van der Waals surface area (Å²) < 4.78 is 8.97. The van der Waals surface area contributed by atoms with Gasteiger partial charge >= 0.3 is 0 Å². The maximum absolute atomic E-state index is 4.56. The second-order valence-electron chi connectivity index (χ2n) is 0.551. The molecule has 0 aliphatic rings. The highest BCUT2D eigenvalue weighted by Crippen LogP contribution is 1.53. The third-order valence-corrected chi connectivity index (χ3v) is 0.884. The van der Waals surface area contributed by atoms with E-state index in [1.807, 2.05) is 0 Å². The van der Waals surface area contributed by atoms with Gasteiger partial charge in [-0.15, -0.1) is 0 Å². The van der Waals surface area contributed by atoms with Crippen LogP contribution < -0.4 is 0 Å². The van der Waals surface area contributed by atoms with Crippen LogP contribution in [0.5, 0.6) is 0 Å². The Bertz CT molecular complexity index is 15.1. The lowest BCUT2D eigenvalue weighted by molar-refractivity contribution is 0.376. The lowest BCUT2D eigenvalue weighted by atomic mass is 11.8. The summed E-state index contributed by atoms with van der Waals surface area (Å²) in [5, 5.41) is 0. The molecule has 0 fully saturated rings. The van der Waals surface area contributed by atoms with Gasteiger partial charge in [0.1, 0.15) is 0 Å². The van der Waals surface area contributed by atoms with Gasteiger partial charge in [0.2, 0.25) is 10.5 Å². The summed E-state index contributed by atoms with van der Waals surface area (Å²) in [6.07, 6.45) is 0. The van der Waals surface area contributed by atoms with E-state index < -0.39 is 10.0 Å². The molecule has 4 heteroatoms. The minimum atomic E-state index is -0.654. The molecule has 3 radical (unpaired) electrons. The predicted octanol–water partition coefficient (Wildman–Crippen LogP) is -1.27. The van der Waals surface area contributed by atoms with Crippen LogP contribution in [0.1, 0.15) is 0 Å². The Kier molecular flexibility index (Phi) is 4.66. The molecule has 0 heterocycles. The highest BCUT2D eigenvalue weighted by Gasteiger charge is 1.68. The molecule has 0 saturated carbocycles. The molecule has 0 aromatic heterocycles. The SMILES string of the molecule is CO[SiH2]O[Si]. The zero-order chi connectivity index (χ0) is 4.12. The van der Waals surface area contributed by atoms with E-state index in [1.165, 1.54) is 0 Å². The van der Waals surface area contributed by atoms with E-state index >= 15 is 0 Å². The van der Waals surface area contributed by atoms with Gasteiger partial charge in [-0.25, -0.2) is 0 Å². The van der Waals surface area contributed by atoms with Crippen molar-refractivity contribution in [2.24, 2.45) is 0 Å². The molecule has 2 nitrogen and oxygen atoms in total. The molecule has 0 N–H and O–H groups in total. The normalized spacial score (nSPS) is 10.8. The van der Waals surface area contributed by atoms with Crippen molar-refractivity contribution in [3.05, 3.63) is 0 Å². The Morgan fingerprint density at radius 2 is 2.40 bits per heavy atom. The first kappa shape index (κ1) is 5.35. The maximum Gasteiger partial charge on any atom is 0.293 e. The van der Waals surface area contributed by atoms with Gasteiger partial charge in [-0.1, -0.05) is 0 Å². The first-order valence-electron chi connectivity index (χ1n) is 1.19. The van der Waals surface area contributed by atoms with Crippen LogP contribution in [0.2, 0.25) is 0 Å². The van der Waals surface area contributed by atoms with E-state index in [2.05, 4.69) is 19.0 Å². The Hall–Kier alpha value is 0.354. The van der Waals surface area contributed by atoms with Crippen molar-refractivity contribution in [1.82, 2.24) is 0 Å². The van der Waals surface area contributed by atoms with Gasteiger partial charge in [-0.2, -0.15) is 0 Å². The van der Waals surface area contributed by atoms with E-state index in [0.29, 0.717) is 0 Å². The van der Waals surface area contributed by atoms with Gasteiger partial charge < -0.3 is 8.54 Å². The summed E-state index contributed by atoms with van der Waals surface area (Å²) in [6.45, 7) is 0. The fraction of sp³-hybridized carbons (Fsp3) is 1.00. The van der Waals surface area contributed by atoms with Crippen molar-refractivity contribution in [3.8, 4) is 0 Å². The lowest BCUT2D eigenvalue weighted by Crippen LogP contribution is -1.95. The molecule has 0 aromatic carbocycles. The Labute approximate surface area is 37.1 Å². The Morgan fingerprint density at radius 3 is 2.40 bits per heavy atom. The van der Waals surface area contributed by atoms with Crippen LogP contribution in [0, 0.1) is 0 Å². The van der Waals surface area contributed by atoms with Crippen LogP contribution in [0.4, 0.5) is 0 Å². The van der Waals surface area contributed by atoms with E-state index in [1.54, 1.807) is 7.11 Å². The first-order valence-corrected chi connectivity index (χ1v) is 2.75. The zero-order valence-corrected chi connectivity index (χ0v) is 5.44. The molecule has 0 atom stereocenters. The highest BCUT2D eigenvalue weighted by atomic mass is 28.3. The minimum absolute atomic E-state index is 0.654. The average molecular weight is 105 g/mol. The van der Waals surface area contributed by atoms with Gasteiger partial charge in [0.15, 0.2) is 0 Å². The monoisotopic (exact) mass is 105 g/mol. The minimum Gasteiger partial charge on any atom is -0.441 e. The third-order valence-electron chi connectivity index (χ3n) is 0.177. The Morgan fingerprint density at radius 1 is 1.80 bits per heavy atom. The standard InChI is InChI=1S/CH5O2Si2/c1-2-5-3-4/h5H2,1H3. The summed E-state index contributed by atoms with van der Waals surface area (Å²) in [5.41, 5.74) is 0. The van der Waals surface area contributed by atoms with Gasteiger partial charge in [0, 0.05) is 7.11 Å². The number of rotatable bonds is 2. The van der Waals surface area contributed by atoms with Gasteiger partial charge in [0.25, 0.3) is 10.0 Å². The zero-order valence-electron chi connectivity index (χ0n) is 3.02. The van der Waals surface area contributed by atoms with Gasteiger partial charge in [-0.05, 0) is 0 Å². The molecule has 0 aliphatic heterocycles. The second kappa shape index (κ2) is 4.35. The van der Waals surface area contributed by atoms with Crippen molar-refractivity contribution in [2.45, 2.75) is 0 Å². The van der Waals surface area contributed by atoms with Crippen LogP contribution in [-0.4, -0.2) is 27.6 Å². The third kappa shape index (κ3) is 4.35. The molecular weight excluding hydrogens is 100 g/mol. The smallest absolute Gasteiger partial charge is 0.293 e. The topological polar surface area (TPSA) is 18.5 Å². The quantitative estimate of drug-likeness (QED) is 0.408. The fourth-order valence-electron chi connectivity index (χ4n) is 0.0589. The highest BCUT2D eigenvalue weighted by molar-refractivity contribution is 6.27. The molecule has 0 spiro atoms. The van der Waals surface area contributed by atoms with Crippen molar-refractivity contribution >= 4 is 20.5 Å². The largest absolute Gasteiger partial charge is 0.441 e. The number of hydrogen-bond donors (Lipinski definition) is 0. The van der Waals surface area contributed by atoms with Crippen LogP contribution in [0.15, 0.2) is 0 Å².